The van der Waals surface area contributed by atoms with Crippen LogP contribution in [0.1, 0.15) is 29.4 Å². The average Bonchev–Trinajstić information content (AvgIpc) is 2.88. The lowest BCUT2D eigenvalue weighted by atomic mass is 10.1. The third-order valence-corrected chi connectivity index (χ3v) is 4.04. The number of rotatable bonds is 2. The molecule has 0 unspecified atom stereocenters. The van der Waals surface area contributed by atoms with Gasteiger partial charge in [-0.1, -0.05) is 13.5 Å². The van der Waals surface area contributed by atoms with Crippen molar-refractivity contribution in [3.05, 3.63) is 66.3 Å². The monoisotopic (exact) mass is 281 g/mol. The van der Waals surface area contributed by atoms with Gasteiger partial charge in [0.2, 0.25) is 0 Å². The third kappa shape index (κ3) is 2.13. The quantitative estimate of drug-likeness (QED) is 0.649. The number of nitrogens with one attached hydrogen (secondary N) is 3. The first-order valence-electron chi connectivity index (χ1n) is 7.11. The zero-order valence-electron chi connectivity index (χ0n) is 12.6. The number of aromatic nitrogens is 3. The van der Waals surface area contributed by atoms with Crippen molar-refractivity contribution in [1.29, 1.82) is 0 Å². The summed E-state index contributed by atoms with van der Waals surface area (Å²) in [5.41, 5.74) is 4.59. The molecule has 3 N–H and O–H groups in total. The van der Waals surface area contributed by atoms with Crippen LogP contribution in [0, 0.1) is 24.5 Å². The Morgan fingerprint density at radius 1 is 1.19 bits per heavy atom. The van der Waals surface area contributed by atoms with E-state index in [1.165, 1.54) is 11.1 Å². The molecule has 2 aliphatic heterocycles. The van der Waals surface area contributed by atoms with Crippen LogP contribution in [0.25, 0.3) is 12.7 Å². The normalized spacial score (nSPS) is 12.4. The summed E-state index contributed by atoms with van der Waals surface area (Å²) in [6.45, 7) is 10.2. The maximum Gasteiger partial charge on any atom is 0.257 e. The van der Waals surface area contributed by atoms with Crippen LogP contribution in [-0.2, 0) is 6.42 Å². The first kappa shape index (κ1) is 13.5. The van der Waals surface area contributed by atoms with Gasteiger partial charge >= 0.3 is 0 Å². The maximum absolute atomic E-state index is 12.2. The second kappa shape index (κ2) is 4.81. The number of hydrogen-bond acceptors (Lipinski definition) is 1. The molecule has 0 saturated carbocycles. The fraction of sp³-hybridized carbons (Fsp3) is 0.235. The van der Waals surface area contributed by atoms with E-state index in [1.54, 1.807) is 0 Å². The zero-order valence-corrected chi connectivity index (χ0v) is 12.6. The Morgan fingerprint density at radius 2 is 1.95 bits per heavy atom. The van der Waals surface area contributed by atoms with Gasteiger partial charge in [0.05, 0.1) is 15.9 Å². The van der Waals surface area contributed by atoms with E-state index in [1.807, 2.05) is 18.2 Å². The number of hydrogen-bond donors (Lipinski definition) is 3. The largest absolute Gasteiger partial charge is 0.359 e. The molecule has 0 saturated heterocycles. The molecule has 4 heteroatoms. The summed E-state index contributed by atoms with van der Waals surface area (Å²) < 4.78 is 0. The minimum Gasteiger partial charge on any atom is -0.359 e. The number of aromatic amines is 3. The topological polar surface area (TPSA) is 64.4 Å². The highest BCUT2D eigenvalue weighted by Gasteiger charge is 2.08. The van der Waals surface area contributed by atoms with Gasteiger partial charge in [-0.3, -0.25) is 4.79 Å². The van der Waals surface area contributed by atoms with Crippen LogP contribution >= 0.6 is 0 Å². The highest BCUT2D eigenvalue weighted by Crippen LogP contribution is 2.18. The molecule has 0 aromatic carbocycles. The summed E-state index contributed by atoms with van der Waals surface area (Å²) in [6.07, 6.45) is 2.90. The fourth-order valence-electron chi connectivity index (χ4n) is 2.93. The van der Waals surface area contributed by atoms with E-state index in [0.29, 0.717) is 5.22 Å². The van der Waals surface area contributed by atoms with Gasteiger partial charge in [-0.2, -0.15) is 0 Å². The van der Waals surface area contributed by atoms with Gasteiger partial charge in [-0.05, 0) is 49.6 Å². The molecular weight excluding hydrogens is 262 g/mol. The van der Waals surface area contributed by atoms with Crippen LogP contribution in [0.5, 0.6) is 0 Å². The van der Waals surface area contributed by atoms with Gasteiger partial charge in [0.25, 0.3) is 5.56 Å². The van der Waals surface area contributed by atoms with Crippen LogP contribution in [0.15, 0.2) is 16.9 Å². The van der Waals surface area contributed by atoms with Gasteiger partial charge < -0.3 is 15.0 Å². The van der Waals surface area contributed by atoms with E-state index in [2.05, 4.69) is 42.3 Å². The SMILES string of the molecule is C=c1ccc2[nH]c(=O)c(=Cc3[nH]c(C)c(CC)c3C)c=2[nH]1. The summed E-state index contributed by atoms with van der Waals surface area (Å²) in [6, 6.07) is 3.72. The molecule has 0 radical (unpaired) electrons. The van der Waals surface area contributed by atoms with E-state index in [9.17, 15) is 4.79 Å². The predicted molar refractivity (Wildman–Crippen MR) is 84.7 cm³/mol. The lowest BCUT2D eigenvalue weighted by Gasteiger charge is -1.95. The van der Waals surface area contributed by atoms with Gasteiger partial charge in [-0.25, -0.2) is 0 Å². The standard InChI is InChI=1S/C17H19N3O/c1-5-12-10(3)15(19-11(12)4)8-13-16-14(20-17(13)21)7-6-9(2)18-16/h6-8,18-19H,2,5H2,1,3-4H3,(H,20,21). The molecule has 0 fully saturated rings. The Labute approximate surface area is 121 Å². The van der Waals surface area contributed by atoms with Crippen molar-refractivity contribution in [3.8, 4) is 0 Å². The van der Waals surface area contributed by atoms with E-state index in [-0.39, 0.29) is 5.56 Å². The van der Waals surface area contributed by atoms with Crippen molar-refractivity contribution in [2.24, 2.45) is 0 Å². The number of aryl methyl sites for hydroxylation is 1. The van der Waals surface area contributed by atoms with Crippen molar-refractivity contribution in [2.45, 2.75) is 27.2 Å². The van der Waals surface area contributed by atoms with E-state index in [4.69, 9.17) is 0 Å². The van der Waals surface area contributed by atoms with Crippen LogP contribution in [-0.4, -0.2) is 15.0 Å². The lowest BCUT2D eigenvalue weighted by molar-refractivity contribution is 1.08. The summed E-state index contributed by atoms with van der Waals surface area (Å²) in [4.78, 5) is 21.6. The Kier molecular flexibility index (Phi) is 3.09. The molecule has 3 heterocycles. The summed E-state index contributed by atoms with van der Waals surface area (Å²) in [7, 11) is 0. The third-order valence-electron chi connectivity index (χ3n) is 4.04. The second-order valence-corrected chi connectivity index (χ2v) is 5.41. The summed E-state index contributed by atoms with van der Waals surface area (Å²) in [5.74, 6) is 0. The fourth-order valence-corrected chi connectivity index (χ4v) is 2.93. The molecule has 21 heavy (non-hydrogen) atoms. The number of H-pyrrole nitrogens is 3. The molecule has 108 valence electrons. The Hall–Kier alpha value is -2.49. The highest BCUT2D eigenvalue weighted by atomic mass is 16.1. The maximum atomic E-state index is 12.2. The Bertz CT molecular complexity index is 1030. The molecule has 0 atom stereocenters. The predicted octanol–water partition coefficient (Wildman–Crippen LogP) is 1.17. The van der Waals surface area contributed by atoms with Gasteiger partial charge in [-0.15, -0.1) is 0 Å². The lowest BCUT2D eigenvalue weighted by Crippen LogP contribution is -2.24. The van der Waals surface area contributed by atoms with E-state index < -0.39 is 0 Å². The highest BCUT2D eigenvalue weighted by molar-refractivity contribution is 5.54. The van der Waals surface area contributed by atoms with Crippen molar-refractivity contribution in [3.63, 3.8) is 0 Å². The smallest absolute Gasteiger partial charge is 0.257 e. The van der Waals surface area contributed by atoms with Crippen molar-refractivity contribution in [2.75, 3.05) is 0 Å². The summed E-state index contributed by atoms with van der Waals surface area (Å²) >= 11 is 0. The molecule has 0 amide bonds. The molecule has 2 aliphatic rings. The van der Waals surface area contributed by atoms with E-state index in [0.717, 1.165) is 33.9 Å². The molecule has 1 aromatic heterocycles. The average molecular weight is 281 g/mol. The van der Waals surface area contributed by atoms with Gasteiger partial charge in [0, 0.05) is 16.7 Å². The molecule has 4 nitrogen and oxygen atoms in total. The first-order valence-corrected chi connectivity index (χ1v) is 7.11. The minimum atomic E-state index is -0.0865. The molecule has 3 rings (SSSR count). The molecule has 0 bridgehead atoms. The van der Waals surface area contributed by atoms with Crippen LogP contribution in [0.4, 0.5) is 0 Å². The Morgan fingerprint density at radius 3 is 2.62 bits per heavy atom. The molecule has 0 aliphatic carbocycles. The van der Waals surface area contributed by atoms with Crippen molar-refractivity contribution in [1.82, 2.24) is 15.0 Å². The van der Waals surface area contributed by atoms with Gasteiger partial charge in [0.1, 0.15) is 0 Å². The molecular formula is C17H19N3O. The molecule has 1 aromatic rings. The minimum absolute atomic E-state index is 0.0865. The van der Waals surface area contributed by atoms with Crippen molar-refractivity contribution >= 4 is 12.7 Å². The first-order chi connectivity index (χ1) is 10.0. The zero-order chi connectivity index (χ0) is 15.1. The second-order valence-electron chi connectivity index (χ2n) is 5.41. The molecule has 0 spiro atoms. The Balaban J connectivity index is 2.38. The van der Waals surface area contributed by atoms with E-state index >= 15 is 0 Å². The van der Waals surface area contributed by atoms with Crippen molar-refractivity contribution < 1.29 is 0 Å². The summed E-state index contributed by atoms with van der Waals surface area (Å²) in [5, 5.41) is 3.03. The van der Waals surface area contributed by atoms with Gasteiger partial charge in [0.15, 0.2) is 0 Å². The van der Waals surface area contributed by atoms with Crippen LogP contribution < -0.4 is 16.1 Å². The van der Waals surface area contributed by atoms with Crippen LogP contribution in [0.2, 0.25) is 0 Å². The van der Waals surface area contributed by atoms with Crippen LogP contribution in [0.3, 0.4) is 0 Å².